The van der Waals surface area contributed by atoms with Crippen LogP contribution in [0.5, 0.6) is 0 Å². The molecule has 0 atom stereocenters. The number of rotatable bonds is 2. The Labute approximate surface area is 88.4 Å². The molecule has 2 aromatic rings. The number of aryl methyl sites for hydroxylation is 1. The largest absolute Gasteiger partial charge is 0.395 e. The van der Waals surface area contributed by atoms with Crippen LogP contribution in [0.2, 0.25) is 0 Å². The minimum Gasteiger partial charge on any atom is -0.395 e. The number of hydrogen-bond acceptors (Lipinski definition) is 3. The van der Waals surface area contributed by atoms with Gasteiger partial charge in [0.2, 0.25) is 0 Å². The van der Waals surface area contributed by atoms with Gasteiger partial charge in [-0.2, -0.15) is 0 Å². The SMILES string of the molecule is Cc1cnc2nc(C(C)(C)CO)[nH]c2c1. The Kier molecular flexibility index (Phi) is 2.23. The standard InChI is InChI=1S/C11H15N3O/c1-7-4-8-9(12-5-7)14-10(13-8)11(2,3)6-15/h4-5,15H,6H2,1-3H3,(H,12,13,14). The third kappa shape index (κ3) is 1.72. The molecule has 0 radical (unpaired) electrons. The van der Waals surface area contributed by atoms with Crippen molar-refractivity contribution in [2.75, 3.05) is 6.61 Å². The Hall–Kier alpha value is -1.42. The molecule has 0 spiro atoms. The molecular weight excluding hydrogens is 190 g/mol. The Morgan fingerprint density at radius 1 is 1.47 bits per heavy atom. The number of fused-ring (bicyclic) bond motifs is 1. The van der Waals surface area contributed by atoms with Crippen molar-refractivity contribution < 1.29 is 5.11 Å². The highest BCUT2D eigenvalue weighted by Crippen LogP contribution is 2.21. The second kappa shape index (κ2) is 3.31. The first-order valence-corrected chi connectivity index (χ1v) is 4.96. The van der Waals surface area contributed by atoms with E-state index in [1.165, 1.54) is 0 Å². The predicted octanol–water partition coefficient (Wildman–Crippen LogP) is 1.54. The summed E-state index contributed by atoms with van der Waals surface area (Å²) in [4.78, 5) is 11.8. The molecule has 4 nitrogen and oxygen atoms in total. The average molecular weight is 205 g/mol. The number of aromatic nitrogens is 3. The summed E-state index contributed by atoms with van der Waals surface area (Å²) in [5.74, 6) is 0.776. The summed E-state index contributed by atoms with van der Waals surface area (Å²) in [5, 5.41) is 9.25. The van der Waals surface area contributed by atoms with Gasteiger partial charge in [-0.1, -0.05) is 13.8 Å². The number of imidazole rings is 1. The van der Waals surface area contributed by atoms with Gasteiger partial charge in [0, 0.05) is 11.6 Å². The highest BCUT2D eigenvalue weighted by molar-refractivity contribution is 5.71. The summed E-state index contributed by atoms with van der Waals surface area (Å²) in [6.45, 7) is 5.94. The third-order valence-corrected chi connectivity index (χ3v) is 2.51. The molecular formula is C11H15N3O. The van der Waals surface area contributed by atoms with E-state index in [-0.39, 0.29) is 12.0 Å². The Balaban J connectivity index is 2.56. The van der Waals surface area contributed by atoms with Gasteiger partial charge in [-0.3, -0.25) is 0 Å². The van der Waals surface area contributed by atoms with E-state index in [1.54, 1.807) is 6.20 Å². The number of aromatic amines is 1. The lowest BCUT2D eigenvalue weighted by Gasteiger charge is -2.17. The molecule has 0 bridgehead atoms. The summed E-state index contributed by atoms with van der Waals surface area (Å²) in [7, 11) is 0. The van der Waals surface area contributed by atoms with Crippen molar-refractivity contribution in [2.24, 2.45) is 0 Å². The van der Waals surface area contributed by atoms with Crippen molar-refractivity contribution in [1.29, 1.82) is 0 Å². The number of nitrogens with one attached hydrogen (secondary N) is 1. The maximum atomic E-state index is 9.25. The van der Waals surface area contributed by atoms with Gasteiger partial charge >= 0.3 is 0 Å². The Morgan fingerprint density at radius 3 is 2.87 bits per heavy atom. The lowest BCUT2D eigenvalue weighted by Crippen LogP contribution is -2.23. The molecule has 0 aliphatic carbocycles. The van der Waals surface area contributed by atoms with Crippen molar-refractivity contribution in [3.8, 4) is 0 Å². The quantitative estimate of drug-likeness (QED) is 0.781. The zero-order valence-electron chi connectivity index (χ0n) is 9.20. The first kappa shape index (κ1) is 10.1. The van der Waals surface area contributed by atoms with Crippen molar-refractivity contribution in [1.82, 2.24) is 15.0 Å². The first-order valence-electron chi connectivity index (χ1n) is 4.96. The van der Waals surface area contributed by atoms with Gasteiger partial charge in [-0.25, -0.2) is 9.97 Å². The first-order chi connectivity index (χ1) is 7.03. The molecule has 2 heterocycles. The van der Waals surface area contributed by atoms with Gasteiger partial charge in [-0.15, -0.1) is 0 Å². The van der Waals surface area contributed by atoms with Gasteiger partial charge < -0.3 is 10.1 Å². The maximum absolute atomic E-state index is 9.25. The van der Waals surface area contributed by atoms with Crippen LogP contribution in [0.3, 0.4) is 0 Å². The Bertz CT molecular complexity index is 488. The van der Waals surface area contributed by atoms with Crippen LogP contribution in [0.25, 0.3) is 11.2 Å². The van der Waals surface area contributed by atoms with Crippen molar-refractivity contribution >= 4 is 11.2 Å². The summed E-state index contributed by atoms with van der Waals surface area (Å²) in [5.41, 5.74) is 2.37. The molecule has 0 amide bonds. The molecule has 4 heteroatoms. The second-order valence-corrected chi connectivity index (χ2v) is 4.51. The molecule has 15 heavy (non-hydrogen) atoms. The van der Waals surface area contributed by atoms with Gasteiger partial charge in [0.05, 0.1) is 12.1 Å². The molecule has 0 saturated heterocycles. The minimum atomic E-state index is -0.353. The van der Waals surface area contributed by atoms with E-state index in [4.69, 9.17) is 0 Å². The van der Waals surface area contributed by atoms with Crippen LogP contribution in [0, 0.1) is 6.92 Å². The fourth-order valence-corrected chi connectivity index (χ4v) is 1.40. The fourth-order valence-electron chi connectivity index (χ4n) is 1.40. The van der Waals surface area contributed by atoms with E-state index < -0.39 is 0 Å². The minimum absolute atomic E-state index is 0.0613. The number of hydrogen-bond donors (Lipinski definition) is 2. The lowest BCUT2D eigenvalue weighted by molar-refractivity contribution is 0.212. The highest BCUT2D eigenvalue weighted by atomic mass is 16.3. The Morgan fingerprint density at radius 2 is 2.20 bits per heavy atom. The average Bonchev–Trinajstić information content (AvgIpc) is 2.61. The van der Waals surface area contributed by atoms with E-state index in [1.807, 2.05) is 26.8 Å². The van der Waals surface area contributed by atoms with Crippen LogP contribution in [0.4, 0.5) is 0 Å². The van der Waals surface area contributed by atoms with Crippen molar-refractivity contribution in [3.05, 3.63) is 23.7 Å². The normalized spacial score (nSPS) is 12.3. The van der Waals surface area contributed by atoms with Crippen LogP contribution in [0.1, 0.15) is 25.2 Å². The van der Waals surface area contributed by atoms with Gasteiger partial charge in [0.15, 0.2) is 5.65 Å². The lowest BCUT2D eigenvalue weighted by atomic mass is 9.94. The summed E-state index contributed by atoms with van der Waals surface area (Å²) in [6, 6.07) is 2.01. The van der Waals surface area contributed by atoms with E-state index in [0.717, 1.165) is 16.9 Å². The van der Waals surface area contributed by atoms with E-state index in [2.05, 4.69) is 15.0 Å². The smallest absolute Gasteiger partial charge is 0.177 e. The summed E-state index contributed by atoms with van der Waals surface area (Å²) < 4.78 is 0. The number of pyridine rings is 1. The number of aliphatic hydroxyl groups is 1. The number of nitrogens with zero attached hydrogens (tertiary/aromatic N) is 2. The van der Waals surface area contributed by atoms with E-state index in [9.17, 15) is 5.11 Å². The van der Waals surface area contributed by atoms with Crippen molar-refractivity contribution in [2.45, 2.75) is 26.2 Å². The molecule has 0 fully saturated rings. The van der Waals surface area contributed by atoms with Crippen LogP contribution >= 0.6 is 0 Å². The predicted molar refractivity (Wildman–Crippen MR) is 58.7 cm³/mol. The van der Waals surface area contributed by atoms with Crippen LogP contribution in [0.15, 0.2) is 12.3 Å². The van der Waals surface area contributed by atoms with Crippen molar-refractivity contribution in [3.63, 3.8) is 0 Å². The molecule has 0 unspecified atom stereocenters. The molecule has 2 rings (SSSR count). The van der Waals surface area contributed by atoms with E-state index >= 15 is 0 Å². The monoisotopic (exact) mass is 205 g/mol. The van der Waals surface area contributed by atoms with Gasteiger partial charge in [0.1, 0.15) is 5.82 Å². The molecule has 0 aliphatic heterocycles. The molecule has 0 aliphatic rings. The van der Waals surface area contributed by atoms with Crippen LogP contribution in [-0.4, -0.2) is 26.7 Å². The maximum Gasteiger partial charge on any atom is 0.177 e. The van der Waals surface area contributed by atoms with Gasteiger partial charge in [0.25, 0.3) is 0 Å². The summed E-state index contributed by atoms with van der Waals surface area (Å²) >= 11 is 0. The second-order valence-electron chi connectivity index (χ2n) is 4.51. The molecule has 0 aromatic carbocycles. The zero-order valence-corrected chi connectivity index (χ0v) is 9.20. The molecule has 2 aromatic heterocycles. The number of H-pyrrole nitrogens is 1. The zero-order chi connectivity index (χ0) is 11.1. The molecule has 2 N–H and O–H groups in total. The highest BCUT2D eigenvalue weighted by Gasteiger charge is 2.23. The molecule has 80 valence electrons. The van der Waals surface area contributed by atoms with Gasteiger partial charge in [-0.05, 0) is 18.6 Å². The fraction of sp³-hybridized carbons (Fsp3) is 0.455. The van der Waals surface area contributed by atoms with E-state index in [0.29, 0.717) is 5.65 Å². The summed E-state index contributed by atoms with van der Waals surface area (Å²) in [6.07, 6.45) is 1.79. The van der Waals surface area contributed by atoms with Crippen LogP contribution < -0.4 is 0 Å². The molecule has 0 saturated carbocycles. The number of aliphatic hydroxyl groups excluding tert-OH is 1. The topological polar surface area (TPSA) is 61.8 Å². The third-order valence-electron chi connectivity index (χ3n) is 2.51. The van der Waals surface area contributed by atoms with Crippen LogP contribution in [-0.2, 0) is 5.41 Å².